The van der Waals surface area contributed by atoms with Crippen LogP contribution in [-0.4, -0.2) is 48.1 Å². The average molecular weight is 503 g/mol. The van der Waals surface area contributed by atoms with Crippen LogP contribution in [0.25, 0.3) is 0 Å². The van der Waals surface area contributed by atoms with E-state index in [4.69, 9.17) is 10.00 Å². The van der Waals surface area contributed by atoms with Crippen molar-refractivity contribution >= 4 is 27.7 Å². The Labute approximate surface area is 197 Å². The van der Waals surface area contributed by atoms with Crippen LogP contribution in [0.4, 0.5) is 10.2 Å². The zero-order valence-corrected chi connectivity index (χ0v) is 20.2. The third-order valence-corrected chi connectivity index (χ3v) is 6.29. The summed E-state index contributed by atoms with van der Waals surface area (Å²) in [5.74, 6) is 0.355. The predicted molar refractivity (Wildman–Crippen MR) is 125 cm³/mol. The maximum Gasteiger partial charge on any atom is 0.248 e. The summed E-state index contributed by atoms with van der Waals surface area (Å²) in [6.45, 7) is 7.78. The summed E-state index contributed by atoms with van der Waals surface area (Å²) >= 11 is 3.33. The molecule has 1 amide bonds. The molecule has 0 radical (unpaired) electrons. The number of amides is 1. The molecular weight excluding hydrogens is 475 g/mol. The number of nitriles is 1. The Bertz CT molecular complexity index is 968. The molecule has 0 N–H and O–H groups in total. The lowest BCUT2D eigenvalue weighted by Gasteiger charge is -2.33. The first kappa shape index (κ1) is 24.1. The van der Waals surface area contributed by atoms with Gasteiger partial charge in [-0.15, -0.1) is 0 Å². The molecule has 0 aliphatic heterocycles. The van der Waals surface area contributed by atoms with Crippen molar-refractivity contribution < 1.29 is 13.9 Å². The van der Waals surface area contributed by atoms with E-state index in [2.05, 4.69) is 31.9 Å². The fraction of sp³-hybridized carbons (Fsp3) is 0.458. The van der Waals surface area contributed by atoms with Gasteiger partial charge in [-0.2, -0.15) is 5.26 Å². The summed E-state index contributed by atoms with van der Waals surface area (Å²) in [4.78, 5) is 21.2. The second-order valence-electron chi connectivity index (χ2n) is 8.03. The second-order valence-corrected chi connectivity index (χ2v) is 8.94. The van der Waals surface area contributed by atoms with Gasteiger partial charge >= 0.3 is 0 Å². The van der Waals surface area contributed by atoms with Crippen molar-refractivity contribution in [1.82, 2.24) is 9.88 Å². The Morgan fingerprint density at radius 3 is 2.59 bits per heavy atom. The highest BCUT2D eigenvalue weighted by atomic mass is 79.9. The minimum Gasteiger partial charge on any atom is -0.360 e. The first-order chi connectivity index (χ1) is 15.3. The topological polar surface area (TPSA) is 69.5 Å². The number of hydrogen-bond acceptors (Lipinski definition) is 5. The van der Waals surface area contributed by atoms with Crippen LogP contribution in [-0.2, 0) is 15.1 Å². The fourth-order valence-electron chi connectivity index (χ4n) is 3.88. The van der Waals surface area contributed by atoms with E-state index in [9.17, 15) is 9.18 Å². The molecule has 1 unspecified atom stereocenters. The Balaban J connectivity index is 1.62. The third-order valence-electron chi connectivity index (χ3n) is 5.83. The fourth-order valence-corrected chi connectivity index (χ4v) is 4.35. The van der Waals surface area contributed by atoms with Crippen LogP contribution >= 0.6 is 15.9 Å². The van der Waals surface area contributed by atoms with E-state index in [0.29, 0.717) is 23.1 Å². The van der Waals surface area contributed by atoms with Gasteiger partial charge in [-0.1, -0.05) is 15.9 Å². The van der Waals surface area contributed by atoms with Crippen molar-refractivity contribution in [3.8, 4) is 6.07 Å². The summed E-state index contributed by atoms with van der Waals surface area (Å²) < 4.78 is 20.5. The number of pyridine rings is 1. The average Bonchev–Trinajstić information content (AvgIpc) is 3.57. The summed E-state index contributed by atoms with van der Waals surface area (Å²) in [5.41, 5.74) is 0.699. The van der Waals surface area contributed by atoms with E-state index in [1.54, 1.807) is 17.2 Å². The van der Waals surface area contributed by atoms with Crippen LogP contribution in [0.5, 0.6) is 0 Å². The van der Waals surface area contributed by atoms with Crippen molar-refractivity contribution in [2.24, 2.45) is 0 Å². The number of aromatic nitrogens is 1. The number of anilines is 1. The minimum atomic E-state index is -0.576. The van der Waals surface area contributed by atoms with Crippen LogP contribution in [0, 0.1) is 17.1 Å². The highest BCUT2D eigenvalue weighted by molar-refractivity contribution is 9.10. The molecule has 0 saturated heterocycles. The van der Waals surface area contributed by atoms with E-state index in [-0.39, 0.29) is 24.4 Å². The molecular formula is C24H28BrFN4O2. The molecule has 3 rings (SSSR count). The van der Waals surface area contributed by atoms with Gasteiger partial charge in [-0.3, -0.25) is 4.79 Å². The SMILES string of the molecule is CCN(CC(C)N(CC)c1ccc(C#N)cn1)C(=O)COC1(c2cc(F)cc(Br)c2)CC1. The van der Waals surface area contributed by atoms with E-state index < -0.39 is 5.60 Å². The summed E-state index contributed by atoms with van der Waals surface area (Å²) in [5, 5.41) is 8.98. The standard InChI is InChI=1S/C24H28BrFN4O2/c1-4-29(15-17(3)30(5-2)22-7-6-18(13-27)14-28-22)23(31)16-32-24(8-9-24)19-10-20(25)12-21(26)11-19/h6-7,10-12,14,17H,4-5,8-9,15-16H2,1-3H3. The normalized spacial score (nSPS) is 15.0. The Morgan fingerprint density at radius 2 is 2.06 bits per heavy atom. The van der Waals surface area contributed by atoms with Crippen LogP contribution in [0.3, 0.4) is 0 Å². The van der Waals surface area contributed by atoms with Crippen molar-refractivity contribution in [1.29, 1.82) is 5.26 Å². The summed E-state index contributed by atoms with van der Waals surface area (Å²) in [7, 11) is 0. The molecule has 1 aliphatic rings. The predicted octanol–water partition coefficient (Wildman–Crippen LogP) is 4.62. The van der Waals surface area contributed by atoms with E-state index in [0.717, 1.165) is 30.8 Å². The Hall–Kier alpha value is -2.50. The van der Waals surface area contributed by atoms with Gasteiger partial charge in [0.15, 0.2) is 0 Å². The number of carbonyl (C=O) groups is 1. The van der Waals surface area contributed by atoms with Gasteiger partial charge in [-0.25, -0.2) is 9.37 Å². The number of carbonyl (C=O) groups excluding carboxylic acids is 1. The van der Waals surface area contributed by atoms with Gasteiger partial charge in [0.05, 0.1) is 11.2 Å². The third kappa shape index (κ3) is 5.64. The second kappa shape index (κ2) is 10.4. The minimum absolute atomic E-state index is 0.0263. The maximum atomic E-state index is 13.8. The van der Waals surface area contributed by atoms with Gasteiger partial charge in [0, 0.05) is 36.3 Å². The van der Waals surface area contributed by atoms with Crippen LogP contribution in [0.1, 0.15) is 44.7 Å². The number of hydrogen-bond donors (Lipinski definition) is 0. The largest absolute Gasteiger partial charge is 0.360 e. The van der Waals surface area contributed by atoms with Gasteiger partial charge in [0.25, 0.3) is 0 Å². The van der Waals surface area contributed by atoms with Gasteiger partial charge < -0.3 is 14.5 Å². The highest BCUT2D eigenvalue weighted by Crippen LogP contribution is 2.49. The molecule has 6 nitrogen and oxygen atoms in total. The zero-order valence-electron chi connectivity index (χ0n) is 18.6. The highest BCUT2D eigenvalue weighted by Gasteiger charge is 2.46. The van der Waals surface area contributed by atoms with Crippen molar-refractivity contribution in [2.45, 2.75) is 45.3 Å². The van der Waals surface area contributed by atoms with E-state index >= 15 is 0 Å². The number of likely N-dealkylation sites (N-methyl/N-ethyl adjacent to an activating group) is 2. The van der Waals surface area contributed by atoms with Crippen LogP contribution in [0.15, 0.2) is 41.0 Å². The molecule has 0 bridgehead atoms. The molecule has 1 aromatic heterocycles. The van der Waals surface area contributed by atoms with Crippen molar-refractivity contribution in [2.75, 3.05) is 31.1 Å². The zero-order chi connectivity index (χ0) is 23.3. The molecule has 32 heavy (non-hydrogen) atoms. The lowest BCUT2D eigenvalue weighted by Crippen LogP contribution is -2.46. The summed E-state index contributed by atoms with van der Waals surface area (Å²) in [6.07, 6.45) is 3.10. The van der Waals surface area contributed by atoms with Crippen molar-refractivity contribution in [3.05, 3.63) is 57.9 Å². The number of ether oxygens (including phenoxy) is 1. The van der Waals surface area contributed by atoms with E-state index in [1.165, 1.54) is 12.1 Å². The summed E-state index contributed by atoms with van der Waals surface area (Å²) in [6, 6.07) is 10.4. The molecule has 1 aliphatic carbocycles. The van der Waals surface area contributed by atoms with Gasteiger partial charge in [-0.05, 0) is 69.5 Å². The number of nitrogens with zero attached hydrogens (tertiary/aromatic N) is 4. The van der Waals surface area contributed by atoms with Gasteiger partial charge in [0.1, 0.15) is 24.3 Å². The first-order valence-corrected chi connectivity index (χ1v) is 11.6. The lowest BCUT2D eigenvalue weighted by molar-refractivity contribution is -0.139. The molecule has 1 aromatic carbocycles. The van der Waals surface area contributed by atoms with Crippen LogP contribution < -0.4 is 4.90 Å². The molecule has 8 heteroatoms. The number of rotatable bonds is 10. The molecule has 1 saturated carbocycles. The lowest BCUT2D eigenvalue weighted by atomic mass is 10.1. The Morgan fingerprint density at radius 1 is 1.31 bits per heavy atom. The van der Waals surface area contributed by atoms with E-state index in [1.807, 2.05) is 32.9 Å². The van der Waals surface area contributed by atoms with Crippen LogP contribution in [0.2, 0.25) is 0 Å². The Kier molecular flexibility index (Phi) is 7.86. The number of halogens is 2. The maximum absolute atomic E-state index is 13.8. The van der Waals surface area contributed by atoms with Crippen molar-refractivity contribution in [3.63, 3.8) is 0 Å². The molecule has 2 aromatic rings. The molecule has 1 fully saturated rings. The molecule has 170 valence electrons. The molecule has 0 spiro atoms. The molecule has 1 atom stereocenters. The van der Waals surface area contributed by atoms with Gasteiger partial charge in [0.2, 0.25) is 5.91 Å². The number of benzene rings is 1. The monoisotopic (exact) mass is 502 g/mol. The smallest absolute Gasteiger partial charge is 0.248 e. The molecule has 1 heterocycles. The first-order valence-electron chi connectivity index (χ1n) is 10.8. The quantitative estimate of drug-likeness (QED) is 0.473.